The Kier molecular flexibility index (Phi) is 6.13. The van der Waals surface area contributed by atoms with Crippen LogP contribution in [0.3, 0.4) is 0 Å². The van der Waals surface area contributed by atoms with Crippen LogP contribution in [0.4, 0.5) is 10.1 Å². The number of ether oxygens (including phenoxy) is 1. The van der Waals surface area contributed by atoms with Gasteiger partial charge in [0.2, 0.25) is 5.91 Å². The van der Waals surface area contributed by atoms with Gasteiger partial charge < -0.3 is 10.1 Å². The molecule has 0 saturated carbocycles. The molecular formula is C21H18FN3O4. The van der Waals surface area contributed by atoms with Gasteiger partial charge in [0.15, 0.2) is 5.69 Å². The van der Waals surface area contributed by atoms with Crippen LogP contribution in [-0.2, 0) is 16.0 Å². The number of nitrogens with one attached hydrogen (secondary N) is 1. The van der Waals surface area contributed by atoms with Crippen molar-refractivity contribution in [1.29, 1.82) is 0 Å². The molecule has 0 saturated heterocycles. The number of para-hydroxylation sites is 1. The quantitative estimate of drug-likeness (QED) is 0.648. The number of nitrogens with zero attached hydrogens (tertiary/aromatic N) is 2. The number of esters is 1. The Morgan fingerprint density at radius 1 is 1.10 bits per heavy atom. The van der Waals surface area contributed by atoms with Gasteiger partial charge in [-0.25, -0.2) is 9.18 Å². The lowest BCUT2D eigenvalue weighted by molar-refractivity contribution is -0.115. The second-order valence-corrected chi connectivity index (χ2v) is 6.06. The maximum Gasteiger partial charge on any atom is 0.360 e. The summed E-state index contributed by atoms with van der Waals surface area (Å²) < 4.78 is 19.1. The number of hydrogen-bond donors (Lipinski definition) is 1. The van der Waals surface area contributed by atoms with E-state index in [1.807, 2.05) is 0 Å². The van der Waals surface area contributed by atoms with E-state index in [9.17, 15) is 18.8 Å². The van der Waals surface area contributed by atoms with Crippen molar-refractivity contribution >= 4 is 17.6 Å². The number of rotatable bonds is 6. The van der Waals surface area contributed by atoms with E-state index in [1.165, 1.54) is 24.3 Å². The number of carbonyl (C=O) groups is 2. The fourth-order valence-corrected chi connectivity index (χ4v) is 2.64. The lowest BCUT2D eigenvalue weighted by Crippen LogP contribution is -2.27. The average Bonchev–Trinajstić information content (AvgIpc) is 2.70. The minimum absolute atomic E-state index is 0.0484. The number of amides is 1. The molecule has 0 bridgehead atoms. The molecule has 0 aliphatic carbocycles. The minimum Gasteiger partial charge on any atom is -0.461 e. The summed E-state index contributed by atoms with van der Waals surface area (Å²) in [5.41, 5.74) is 0.274. The lowest BCUT2D eigenvalue weighted by atomic mass is 10.1. The van der Waals surface area contributed by atoms with E-state index < -0.39 is 23.3 Å². The Morgan fingerprint density at radius 3 is 2.45 bits per heavy atom. The van der Waals surface area contributed by atoms with E-state index in [0.29, 0.717) is 11.3 Å². The van der Waals surface area contributed by atoms with Gasteiger partial charge in [-0.05, 0) is 36.8 Å². The number of carbonyl (C=O) groups excluding carboxylic acids is 2. The van der Waals surface area contributed by atoms with Crippen molar-refractivity contribution in [3.05, 3.63) is 88.1 Å². The molecule has 1 aromatic heterocycles. The molecule has 0 unspecified atom stereocenters. The van der Waals surface area contributed by atoms with Crippen molar-refractivity contribution in [2.45, 2.75) is 13.3 Å². The van der Waals surface area contributed by atoms with Crippen molar-refractivity contribution in [3.63, 3.8) is 0 Å². The van der Waals surface area contributed by atoms with E-state index >= 15 is 0 Å². The molecule has 8 heteroatoms. The number of halogens is 1. The molecule has 29 heavy (non-hydrogen) atoms. The van der Waals surface area contributed by atoms with Gasteiger partial charge in [-0.1, -0.05) is 30.3 Å². The number of benzene rings is 2. The zero-order valence-electron chi connectivity index (χ0n) is 15.6. The van der Waals surface area contributed by atoms with Gasteiger partial charge in [0.05, 0.1) is 24.4 Å². The van der Waals surface area contributed by atoms with Gasteiger partial charge in [0.1, 0.15) is 5.82 Å². The Balaban J connectivity index is 1.93. The molecule has 0 fully saturated rings. The first-order chi connectivity index (χ1) is 14.0. The molecular weight excluding hydrogens is 377 g/mol. The minimum atomic E-state index is -0.769. The SMILES string of the molecule is CCOC(=O)c1nn(-c2ccccc2)c(=O)cc1NC(=O)Cc1ccc(F)cc1. The predicted octanol–water partition coefficient (Wildman–Crippen LogP) is 2.73. The topological polar surface area (TPSA) is 90.3 Å². The summed E-state index contributed by atoms with van der Waals surface area (Å²) in [6, 6.07) is 15.1. The highest BCUT2D eigenvalue weighted by Crippen LogP contribution is 2.15. The normalized spacial score (nSPS) is 10.4. The Morgan fingerprint density at radius 2 is 1.79 bits per heavy atom. The molecule has 148 valence electrons. The molecule has 0 atom stereocenters. The van der Waals surface area contributed by atoms with Crippen LogP contribution in [0.15, 0.2) is 65.5 Å². The Bertz CT molecular complexity index is 1080. The fourth-order valence-electron chi connectivity index (χ4n) is 2.64. The fraction of sp³-hybridized carbons (Fsp3) is 0.143. The molecule has 3 rings (SSSR count). The van der Waals surface area contributed by atoms with Gasteiger partial charge in [0, 0.05) is 6.07 Å². The van der Waals surface area contributed by atoms with Gasteiger partial charge in [-0.2, -0.15) is 9.78 Å². The van der Waals surface area contributed by atoms with Crippen molar-refractivity contribution in [1.82, 2.24) is 9.78 Å². The largest absolute Gasteiger partial charge is 0.461 e. The van der Waals surface area contributed by atoms with E-state index in [-0.39, 0.29) is 24.4 Å². The number of hydrogen-bond acceptors (Lipinski definition) is 5. The maximum absolute atomic E-state index is 13.0. The summed E-state index contributed by atoms with van der Waals surface area (Å²) in [6.45, 7) is 1.74. The molecule has 1 N–H and O–H groups in total. The predicted molar refractivity (Wildman–Crippen MR) is 105 cm³/mol. The molecule has 1 amide bonds. The highest BCUT2D eigenvalue weighted by Gasteiger charge is 2.20. The van der Waals surface area contributed by atoms with Crippen LogP contribution in [0, 0.1) is 5.82 Å². The van der Waals surface area contributed by atoms with Crippen LogP contribution < -0.4 is 10.9 Å². The number of anilines is 1. The summed E-state index contributed by atoms with van der Waals surface area (Å²) in [5.74, 6) is -1.66. The average molecular weight is 395 g/mol. The van der Waals surface area contributed by atoms with Crippen LogP contribution in [-0.4, -0.2) is 28.3 Å². The zero-order valence-corrected chi connectivity index (χ0v) is 15.6. The van der Waals surface area contributed by atoms with Crippen molar-refractivity contribution < 1.29 is 18.7 Å². The maximum atomic E-state index is 13.0. The van der Waals surface area contributed by atoms with Crippen LogP contribution in [0.2, 0.25) is 0 Å². The lowest BCUT2D eigenvalue weighted by Gasteiger charge is -2.12. The van der Waals surface area contributed by atoms with Crippen molar-refractivity contribution in [2.24, 2.45) is 0 Å². The molecule has 7 nitrogen and oxygen atoms in total. The van der Waals surface area contributed by atoms with Gasteiger partial charge in [0.25, 0.3) is 5.56 Å². The van der Waals surface area contributed by atoms with Gasteiger partial charge in [-0.15, -0.1) is 0 Å². The van der Waals surface area contributed by atoms with E-state index in [2.05, 4.69) is 10.4 Å². The molecule has 0 radical (unpaired) electrons. The molecule has 0 aliphatic heterocycles. The first-order valence-electron chi connectivity index (χ1n) is 8.89. The standard InChI is InChI=1S/C21H18FN3O4/c1-2-29-21(28)20-17(23-18(26)12-14-8-10-15(22)11-9-14)13-19(27)25(24-20)16-6-4-3-5-7-16/h3-11,13H,2,12H2,1H3,(H,23,26). The van der Waals surface area contributed by atoms with E-state index in [1.54, 1.807) is 37.3 Å². The summed E-state index contributed by atoms with van der Waals surface area (Å²) >= 11 is 0. The Hall–Kier alpha value is -3.81. The third-order valence-electron chi connectivity index (χ3n) is 3.95. The zero-order chi connectivity index (χ0) is 20.8. The second kappa shape index (κ2) is 8.92. The van der Waals surface area contributed by atoms with Crippen LogP contribution in [0.5, 0.6) is 0 Å². The molecule has 1 heterocycles. The highest BCUT2D eigenvalue weighted by atomic mass is 19.1. The highest BCUT2D eigenvalue weighted by molar-refractivity contribution is 6.00. The first kappa shape index (κ1) is 19.9. The summed E-state index contributed by atoms with van der Waals surface area (Å²) in [4.78, 5) is 37.2. The van der Waals surface area contributed by atoms with Crippen molar-refractivity contribution in [3.8, 4) is 5.69 Å². The van der Waals surface area contributed by atoms with Crippen LogP contribution in [0.1, 0.15) is 23.0 Å². The van der Waals surface area contributed by atoms with Crippen molar-refractivity contribution in [2.75, 3.05) is 11.9 Å². The monoisotopic (exact) mass is 395 g/mol. The van der Waals surface area contributed by atoms with E-state index in [4.69, 9.17) is 4.74 Å². The molecule has 3 aromatic rings. The summed E-state index contributed by atoms with van der Waals surface area (Å²) in [7, 11) is 0. The van der Waals surface area contributed by atoms with Crippen LogP contribution in [0.25, 0.3) is 5.69 Å². The molecule has 0 aliphatic rings. The first-order valence-corrected chi connectivity index (χ1v) is 8.89. The summed E-state index contributed by atoms with van der Waals surface area (Å²) in [6.07, 6.45) is -0.0652. The third kappa shape index (κ3) is 4.92. The molecule has 0 spiro atoms. The van der Waals surface area contributed by atoms with Crippen LogP contribution >= 0.6 is 0 Å². The summed E-state index contributed by atoms with van der Waals surface area (Å²) in [5, 5.41) is 6.62. The van der Waals surface area contributed by atoms with E-state index in [0.717, 1.165) is 10.7 Å². The van der Waals surface area contributed by atoms with Gasteiger partial charge >= 0.3 is 5.97 Å². The second-order valence-electron chi connectivity index (χ2n) is 6.06. The molecule has 2 aromatic carbocycles. The third-order valence-corrected chi connectivity index (χ3v) is 3.95. The Labute approximate surface area is 165 Å². The smallest absolute Gasteiger partial charge is 0.360 e. The van der Waals surface area contributed by atoms with Gasteiger partial charge in [-0.3, -0.25) is 9.59 Å². The number of aromatic nitrogens is 2.